The first-order valence-corrected chi connectivity index (χ1v) is 8.51. The number of hydrogen-bond acceptors (Lipinski definition) is 5. The fraction of sp³-hybridized carbons (Fsp3) is 0.308. The molecule has 0 fully saturated rings. The summed E-state index contributed by atoms with van der Waals surface area (Å²) >= 11 is 1.45. The van der Waals surface area contributed by atoms with E-state index in [-0.39, 0.29) is 11.4 Å². The number of sulfonamides is 1. The van der Waals surface area contributed by atoms with Crippen molar-refractivity contribution in [3.05, 3.63) is 45.9 Å². The van der Waals surface area contributed by atoms with E-state index in [1.165, 1.54) is 11.3 Å². The topological polar surface area (TPSA) is 71.1 Å². The molecule has 0 radical (unpaired) electrons. The average Bonchev–Trinajstić information content (AvgIpc) is 2.83. The van der Waals surface area contributed by atoms with Gasteiger partial charge in [-0.3, -0.25) is 0 Å². The van der Waals surface area contributed by atoms with Gasteiger partial charge in [0.25, 0.3) is 0 Å². The SMILES string of the molecule is CNCc1ccc(S(=O)(=O)NCc2scnc2C)cc1. The Labute approximate surface area is 123 Å². The largest absolute Gasteiger partial charge is 0.316 e. The molecule has 5 nitrogen and oxygen atoms in total. The highest BCUT2D eigenvalue weighted by Crippen LogP contribution is 2.14. The lowest BCUT2D eigenvalue weighted by atomic mass is 10.2. The van der Waals surface area contributed by atoms with E-state index < -0.39 is 10.0 Å². The molecule has 0 amide bonds. The van der Waals surface area contributed by atoms with Crippen LogP contribution in [0.3, 0.4) is 0 Å². The van der Waals surface area contributed by atoms with Gasteiger partial charge in [0.1, 0.15) is 0 Å². The maximum absolute atomic E-state index is 12.2. The zero-order valence-electron chi connectivity index (χ0n) is 11.4. The summed E-state index contributed by atoms with van der Waals surface area (Å²) in [6.45, 7) is 2.86. The molecule has 20 heavy (non-hydrogen) atoms. The van der Waals surface area contributed by atoms with E-state index in [9.17, 15) is 8.42 Å². The van der Waals surface area contributed by atoms with Gasteiger partial charge in [0.05, 0.1) is 16.1 Å². The van der Waals surface area contributed by atoms with Crippen LogP contribution in [0.15, 0.2) is 34.7 Å². The Bertz CT molecular complexity index is 663. The van der Waals surface area contributed by atoms with Gasteiger partial charge in [-0.05, 0) is 31.7 Å². The minimum absolute atomic E-state index is 0.275. The second-order valence-corrected chi connectivity index (χ2v) is 7.07. The third kappa shape index (κ3) is 3.63. The zero-order chi connectivity index (χ0) is 14.6. The molecule has 0 spiro atoms. The summed E-state index contributed by atoms with van der Waals surface area (Å²) in [5, 5.41) is 3.02. The highest BCUT2D eigenvalue weighted by Gasteiger charge is 2.14. The van der Waals surface area contributed by atoms with Crippen LogP contribution in [-0.2, 0) is 23.1 Å². The van der Waals surface area contributed by atoms with Gasteiger partial charge in [0.15, 0.2) is 0 Å². The number of aromatic nitrogens is 1. The van der Waals surface area contributed by atoms with E-state index in [0.29, 0.717) is 6.54 Å². The fourth-order valence-corrected chi connectivity index (χ4v) is 3.53. The summed E-state index contributed by atoms with van der Waals surface area (Å²) in [4.78, 5) is 5.31. The first kappa shape index (κ1) is 15.1. The molecule has 7 heteroatoms. The van der Waals surface area contributed by atoms with Gasteiger partial charge in [0.2, 0.25) is 10.0 Å². The third-order valence-corrected chi connectivity index (χ3v) is 5.23. The number of benzene rings is 1. The predicted molar refractivity (Wildman–Crippen MR) is 80.1 cm³/mol. The van der Waals surface area contributed by atoms with Gasteiger partial charge in [-0.1, -0.05) is 12.1 Å². The van der Waals surface area contributed by atoms with Gasteiger partial charge in [-0.25, -0.2) is 18.1 Å². The van der Waals surface area contributed by atoms with Crippen LogP contribution >= 0.6 is 11.3 Å². The lowest BCUT2D eigenvalue weighted by molar-refractivity contribution is 0.581. The van der Waals surface area contributed by atoms with Gasteiger partial charge in [0, 0.05) is 18.0 Å². The third-order valence-electron chi connectivity index (χ3n) is 2.88. The number of hydrogen-bond donors (Lipinski definition) is 2. The van der Waals surface area contributed by atoms with Gasteiger partial charge < -0.3 is 5.32 Å². The normalized spacial score (nSPS) is 11.7. The standard InChI is InChI=1S/C13H17N3O2S2/c1-10-13(19-9-15-10)8-16-20(17,18)12-5-3-11(4-6-12)7-14-2/h3-6,9,14,16H,7-8H2,1-2H3. The molecular formula is C13H17N3O2S2. The van der Waals surface area contributed by atoms with Gasteiger partial charge in [-0.2, -0.15) is 0 Å². The smallest absolute Gasteiger partial charge is 0.240 e. The predicted octanol–water partition coefficient (Wildman–Crippen LogP) is 1.65. The van der Waals surface area contributed by atoms with Crippen molar-refractivity contribution in [2.24, 2.45) is 0 Å². The molecule has 2 aromatic rings. The van der Waals surface area contributed by atoms with Crippen LogP contribution in [0.4, 0.5) is 0 Å². The molecular weight excluding hydrogens is 294 g/mol. The second kappa shape index (κ2) is 6.45. The number of nitrogens with one attached hydrogen (secondary N) is 2. The fourth-order valence-electron chi connectivity index (χ4n) is 1.73. The van der Waals surface area contributed by atoms with Crippen molar-refractivity contribution in [3.8, 4) is 0 Å². The molecule has 0 atom stereocenters. The molecule has 0 unspecified atom stereocenters. The Morgan fingerprint density at radius 2 is 1.90 bits per heavy atom. The molecule has 108 valence electrons. The Morgan fingerprint density at radius 3 is 2.45 bits per heavy atom. The van der Waals surface area contributed by atoms with E-state index in [0.717, 1.165) is 16.1 Å². The molecule has 0 aliphatic rings. The Balaban J connectivity index is 2.08. The average molecular weight is 311 g/mol. The van der Waals surface area contributed by atoms with Crippen molar-refractivity contribution in [2.75, 3.05) is 7.05 Å². The van der Waals surface area contributed by atoms with Crippen LogP contribution in [-0.4, -0.2) is 20.4 Å². The summed E-state index contributed by atoms with van der Waals surface area (Å²) < 4.78 is 26.9. The van der Waals surface area contributed by atoms with E-state index in [1.807, 2.05) is 26.1 Å². The summed E-state index contributed by atoms with van der Waals surface area (Å²) in [5.74, 6) is 0. The van der Waals surface area contributed by atoms with Crippen molar-refractivity contribution >= 4 is 21.4 Å². The van der Waals surface area contributed by atoms with E-state index >= 15 is 0 Å². The minimum atomic E-state index is -3.48. The number of thiazole rings is 1. The molecule has 1 aromatic carbocycles. The maximum Gasteiger partial charge on any atom is 0.240 e. The monoisotopic (exact) mass is 311 g/mol. The van der Waals surface area contributed by atoms with Crippen LogP contribution in [0.25, 0.3) is 0 Å². The summed E-state index contributed by atoms with van der Waals surface area (Å²) in [7, 11) is -1.63. The van der Waals surface area contributed by atoms with Crippen LogP contribution in [0.5, 0.6) is 0 Å². The lowest BCUT2D eigenvalue weighted by Gasteiger charge is -2.07. The van der Waals surface area contributed by atoms with Crippen LogP contribution in [0.2, 0.25) is 0 Å². The quantitative estimate of drug-likeness (QED) is 0.851. The number of aryl methyl sites for hydroxylation is 1. The van der Waals surface area contributed by atoms with Crippen LogP contribution in [0, 0.1) is 6.92 Å². The minimum Gasteiger partial charge on any atom is -0.316 e. The van der Waals surface area contributed by atoms with E-state index in [4.69, 9.17) is 0 Å². The van der Waals surface area contributed by atoms with Crippen molar-refractivity contribution < 1.29 is 8.42 Å². The summed E-state index contributed by atoms with van der Waals surface area (Å²) in [6.07, 6.45) is 0. The molecule has 2 rings (SSSR count). The molecule has 0 saturated heterocycles. The molecule has 2 N–H and O–H groups in total. The Kier molecular flexibility index (Phi) is 4.87. The van der Waals surface area contributed by atoms with Crippen molar-refractivity contribution in [1.82, 2.24) is 15.0 Å². The maximum atomic E-state index is 12.2. The second-order valence-electron chi connectivity index (χ2n) is 4.36. The summed E-state index contributed by atoms with van der Waals surface area (Å²) in [6, 6.07) is 6.86. The molecule has 0 aliphatic carbocycles. The molecule has 0 aliphatic heterocycles. The van der Waals surface area contributed by atoms with Crippen molar-refractivity contribution in [2.45, 2.75) is 24.9 Å². The van der Waals surface area contributed by atoms with Crippen molar-refractivity contribution in [3.63, 3.8) is 0 Å². The first-order chi connectivity index (χ1) is 9.53. The highest BCUT2D eigenvalue weighted by molar-refractivity contribution is 7.89. The first-order valence-electron chi connectivity index (χ1n) is 6.15. The summed E-state index contributed by atoms with van der Waals surface area (Å²) in [5.41, 5.74) is 3.62. The highest BCUT2D eigenvalue weighted by atomic mass is 32.2. The molecule has 1 aromatic heterocycles. The van der Waals surface area contributed by atoms with E-state index in [2.05, 4.69) is 15.0 Å². The van der Waals surface area contributed by atoms with Crippen LogP contribution in [0.1, 0.15) is 16.1 Å². The Morgan fingerprint density at radius 1 is 1.20 bits per heavy atom. The number of rotatable bonds is 6. The van der Waals surface area contributed by atoms with Gasteiger partial charge in [-0.15, -0.1) is 11.3 Å². The van der Waals surface area contributed by atoms with Crippen molar-refractivity contribution in [1.29, 1.82) is 0 Å². The number of nitrogens with zero attached hydrogens (tertiary/aromatic N) is 1. The molecule has 1 heterocycles. The zero-order valence-corrected chi connectivity index (χ0v) is 13.0. The lowest BCUT2D eigenvalue weighted by Crippen LogP contribution is -2.23. The molecule has 0 saturated carbocycles. The Hall–Kier alpha value is -1.28. The molecule has 0 bridgehead atoms. The van der Waals surface area contributed by atoms with E-state index in [1.54, 1.807) is 17.6 Å². The van der Waals surface area contributed by atoms with Gasteiger partial charge >= 0.3 is 0 Å². The van der Waals surface area contributed by atoms with Crippen LogP contribution < -0.4 is 10.0 Å².